The summed E-state index contributed by atoms with van der Waals surface area (Å²) in [5.74, 6) is 0.230. The minimum Gasteiger partial charge on any atom is -0.338 e. The molecule has 0 aliphatic heterocycles. The second kappa shape index (κ2) is 8.08. The van der Waals surface area contributed by atoms with Gasteiger partial charge in [0.15, 0.2) is 0 Å². The van der Waals surface area contributed by atoms with E-state index in [-0.39, 0.29) is 17.9 Å². The average molecular weight is 330 g/mol. The Morgan fingerprint density at radius 3 is 2.58 bits per heavy atom. The van der Waals surface area contributed by atoms with Gasteiger partial charge in [0, 0.05) is 31.1 Å². The molecule has 0 aliphatic rings. The molecule has 0 fully saturated rings. The summed E-state index contributed by atoms with van der Waals surface area (Å²) in [6.45, 7) is 8.19. The van der Waals surface area contributed by atoms with Crippen molar-refractivity contribution in [1.29, 1.82) is 0 Å². The molecular formula is C18H26N4O2. The van der Waals surface area contributed by atoms with Crippen LogP contribution in [0.25, 0.3) is 0 Å². The summed E-state index contributed by atoms with van der Waals surface area (Å²) in [6.07, 6.45) is 0. The van der Waals surface area contributed by atoms with Gasteiger partial charge in [0.25, 0.3) is 0 Å². The van der Waals surface area contributed by atoms with Crippen LogP contribution in [0.15, 0.2) is 40.9 Å². The van der Waals surface area contributed by atoms with E-state index >= 15 is 0 Å². The Kier molecular flexibility index (Phi) is 6.11. The molecule has 0 aliphatic carbocycles. The van der Waals surface area contributed by atoms with Crippen molar-refractivity contribution in [2.24, 2.45) is 5.73 Å². The minimum atomic E-state index is -0.143. The number of nitrogens with zero attached hydrogens (tertiary/aromatic N) is 2. The normalized spacial score (nSPS) is 11.7. The predicted octanol–water partition coefficient (Wildman–Crippen LogP) is 2.37. The lowest BCUT2D eigenvalue weighted by Gasteiger charge is -2.20. The van der Waals surface area contributed by atoms with E-state index in [1.165, 1.54) is 0 Å². The average Bonchev–Trinajstić information content (AvgIpc) is 2.97. The van der Waals surface area contributed by atoms with E-state index in [4.69, 9.17) is 10.3 Å². The van der Waals surface area contributed by atoms with Crippen LogP contribution in [0.5, 0.6) is 0 Å². The molecule has 0 bridgehead atoms. The number of anilines is 1. The molecule has 6 nitrogen and oxygen atoms in total. The second-order valence-electron chi connectivity index (χ2n) is 6.86. The first-order chi connectivity index (χ1) is 11.4. The molecule has 1 aromatic heterocycles. The third-order valence-corrected chi connectivity index (χ3v) is 3.60. The highest BCUT2D eigenvalue weighted by atomic mass is 16.5. The summed E-state index contributed by atoms with van der Waals surface area (Å²) in [5, 5.41) is 6.76. The fourth-order valence-electron chi connectivity index (χ4n) is 2.31. The molecule has 1 heterocycles. The van der Waals surface area contributed by atoms with E-state index in [1.54, 1.807) is 6.07 Å². The molecule has 0 atom stereocenters. The topological polar surface area (TPSA) is 84.4 Å². The number of nitrogens with two attached hydrogens (primary N) is 1. The zero-order valence-electron chi connectivity index (χ0n) is 14.6. The molecule has 0 spiro atoms. The van der Waals surface area contributed by atoms with Gasteiger partial charge in [0.1, 0.15) is 0 Å². The Hall–Kier alpha value is -2.18. The number of carbonyl (C=O) groups is 1. The smallest absolute Gasteiger partial charge is 0.240 e. The summed E-state index contributed by atoms with van der Waals surface area (Å²) in [6, 6.07) is 11.8. The molecule has 24 heavy (non-hydrogen) atoms. The summed E-state index contributed by atoms with van der Waals surface area (Å²) < 4.78 is 5.20. The highest BCUT2D eigenvalue weighted by Gasteiger charge is 2.20. The van der Waals surface area contributed by atoms with Gasteiger partial charge in [0.2, 0.25) is 11.8 Å². The van der Waals surface area contributed by atoms with Crippen molar-refractivity contribution in [1.82, 2.24) is 10.1 Å². The highest BCUT2D eigenvalue weighted by molar-refractivity contribution is 5.91. The van der Waals surface area contributed by atoms with Gasteiger partial charge in [0.05, 0.1) is 12.2 Å². The van der Waals surface area contributed by atoms with Crippen LogP contribution in [0.4, 0.5) is 5.88 Å². The number of benzene rings is 1. The van der Waals surface area contributed by atoms with Crippen LogP contribution in [-0.2, 0) is 16.8 Å². The van der Waals surface area contributed by atoms with Crippen molar-refractivity contribution in [3.8, 4) is 0 Å². The quantitative estimate of drug-likeness (QED) is 0.814. The lowest BCUT2D eigenvalue weighted by molar-refractivity contribution is -0.117. The lowest BCUT2D eigenvalue weighted by Crippen LogP contribution is -2.36. The van der Waals surface area contributed by atoms with Gasteiger partial charge < -0.3 is 10.3 Å². The fourth-order valence-corrected chi connectivity index (χ4v) is 2.31. The number of hydrogen-bond acceptors (Lipinski definition) is 5. The van der Waals surface area contributed by atoms with E-state index in [0.717, 1.165) is 11.3 Å². The Bertz CT molecular complexity index is 647. The molecule has 1 aromatic carbocycles. The van der Waals surface area contributed by atoms with Gasteiger partial charge in [-0.15, -0.1) is 0 Å². The molecule has 130 valence electrons. The predicted molar refractivity (Wildman–Crippen MR) is 94.6 cm³/mol. The van der Waals surface area contributed by atoms with Crippen LogP contribution in [0.1, 0.15) is 32.0 Å². The van der Waals surface area contributed by atoms with E-state index in [2.05, 4.69) is 10.5 Å². The standard InChI is InChI=1S/C18H26N4O2/c1-18(2,3)15-11-17(24-21-15)20-16(23)13-22(10-9-19)12-14-7-5-4-6-8-14/h4-8,11H,9-10,12-13,19H2,1-3H3,(H,20,23). The molecule has 3 N–H and O–H groups in total. The van der Waals surface area contributed by atoms with Gasteiger partial charge in [-0.3, -0.25) is 15.0 Å². The number of hydrogen-bond donors (Lipinski definition) is 2. The minimum absolute atomic E-state index is 0.120. The largest absolute Gasteiger partial charge is 0.338 e. The van der Waals surface area contributed by atoms with Crippen molar-refractivity contribution in [2.45, 2.75) is 32.7 Å². The van der Waals surface area contributed by atoms with Gasteiger partial charge in [-0.1, -0.05) is 56.3 Å². The van der Waals surface area contributed by atoms with Crippen LogP contribution in [0.2, 0.25) is 0 Å². The van der Waals surface area contributed by atoms with Crippen molar-refractivity contribution < 1.29 is 9.32 Å². The Balaban J connectivity index is 1.94. The van der Waals surface area contributed by atoms with Crippen molar-refractivity contribution >= 4 is 11.8 Å². The van der Waals surface area contributed by atoms with Gasteiger partial charge >= 0.3 is 0 Å². The number of rotatable bonds is 7. The number of carbonyl (C=O) groups excluding carboxylic acids is 1. The summed E-state index contributed by atoms with van der Waals surface area (Å²) in [5.41, 5.74) is 7.49. The zero-order chi connectivity index (χ0) is 17.6. The van der Waals surface area contributed by atoms with Crippen LogP contribution in [-0.4, -0.2) is 35.6 Å². The highest BCUT2D eigenvalue weighted by Crippen LogP contribution is 2.23. The Morgan fingerprint density at radius 1 is 1.29 bits per heavy atom. The maximum atomic E-state index is 12.3. The van der Waals surface area contributed by atoms with Gasteiger partial charge in [-0.2, -0.15) is 0 Å². The van der Waals surface area contributed by atoms with E-state index in [1.807, 2.05) is 56.0 Å². The molecule has 0 radical (unpaired) electrons. The van der Waals surface area contributed by atoms with Crippen LogP contribution >= 0.6 is 0 Å². The Labute approximate surface area is 143 Å². The van der Waals surface area contributed by atoms with Crippen molar-refractivity contribution in [3.05, 3.63) is 47.7 Å². The molecule has 0 saturated carbocycles. The fraction of sp³-hybridized carbons (Fsp3) is 0.444. The third kappa shape index (κ3) is 5.47. The molecule has 0 unspecified atom stereocenters. The van der Waals surface area contributed by atoms with E-state index in [9.17, 15) is 4.79 Å². The zero-order valence-corrected chi connectivity index (χ0v) is 14.6. The number of nitrogens with one attached hydrogen (secondary N) is 1. The molecular weight excluding hydrogens is 304 g/mol. The van der Waals surface area contributed by atoms with Crippen LogP contribution in [0.3, 0.4) is 0 Å². The maximum absolute atomic E-state index is 12.3. The second-order valence-corrected chi connectivity index (χ2v) is 6.86. The molecule has 2 rings (SSSR count). The first-order valence-electron chi connectivity index (χ1n) is 8.12. The monoisotopic (exact) mass is 330 g/mol. The summed E-state index contributed by atoms with van der Waals surface area (Å²) >= 11 is 0. The molecule has 1 amide bonds. The molecule has 0 saturated heterocycles. The maximum Gasteiger partial charge on any atom is 0.240 e. The van der Waals surface area contributed by atoms with E-state index in [0.29, 0.717) is 25.5 Å². The van der Waals surface area contributed by atoms with Crippen LogP contribution in [0, 0.1) is 0 Å². The summed E-state index contributed by atoms with van der Waals surface area (Å²) in [7, 11) is 0. The lowest BCUT2D eigenvalue weighted by atomic mass is 9.92. The number of aromatic nitrogens is 1. The number of amides is 1. The SMILES string of the molecule is CC(C)(C)c1cc(NC(=O)CN(CCN)Cc2ccccc2)on1. The summed E-state index contributed by atoms with van der Waals surface area (Å²) in [4.78, 5) is 14.3. The Morgan fingerprint density at radius 2 is 2.00 bits per heavy atom. The van der Waals surface area contributed by atoms with Crippen LogP contribution < -0.4 is 11.1 Å². The first-order valence-corrected chi connectivity index (χ1v) is 8.12. The van der Waals surface area contributed by atoms with Crippen molar-refractivity contribution in [2.75, 3.05) is 25.0 Å². The van der Waals surface area contributed by atoms with Gasteiger partial charge in [-0.25, -0.2) is 0 Å². The third-order valence-electron chi connectivity index (χ3n) is 3.60. The van der Waals surface area contributed by atoms with E-state index < -0.39 is 0 Å². The molecule has 2 aromatic rings. The van der Waals surface area contributed by atoms with Gasteiger partial charge in [-0.05, 0) is 5.56 Å². The first kappa shape index (κ1) is 18.2. The molecule has 6 heteroatoms. The van der Waals surface area contributed by atoms with Crippen molar-refractivity contribution in [3.63, 3.8) is 0 Å².